The van der Waals surface area contributed by atoms with Gasteiger partial charge in [-0.15, -0.1) is 0 Å². The summed E-state index contributed by atoms with van der Waals surface area (Å²) >= 11 is 6.28. The molecule has 0 spiro atoms. The topological polar surface area (TPSA) is 88.8 Å². The molecule has 1 unspecified atom stereocenters. The van der Waals surface area contributed by atoms with Gasteiger partial charge in [0, 0.05) is 37.2 Å². The van der Waals surface area contributed by atoms with Crippen LogP contribution in [0.4, 0.5) is 5.95 Å². The van der Waals surface area contributed by atoms with Crippen LogP contribution in [0.25, 0.3) is 5.82 Å². The third-order valence-electron chi connectivity index (χ3n) is 4.86. The maximum atomic E-state index is 12.9. The molecule has 1 aliphatic heterocycles. The van der Waals surface area contributed by atoms with Crippen LogP contribution in [0.5, 0.6) is 0 Å². The van der Waals surface area contributed by atoms with Gasteiger partial charge in [-0.3, -0.25) is 4.79 Å². The number of amides is 1. The third kappa shape index (κ3) is 4.22. The Labute approximate surface area is 173 Å². The summed E-state index contributed by atoms with van der Waals surface area (Å²) < 4.78 is 1.71. The maximum absolute atomic E-state index is 12.9. The van der Waals surface area contributed by atoms with E-state index in [0.29, 0.717) is 23.3 Å². The van der Waals surface area contributed by atoms with Gasteiger partial charge in [-0.1, -0.05) is 11.6 Å². The van der Waals surface area contributed by atoms with E-state index < -0.39 is 0 Å². The number of hydrogen-bond acceptors (Lipinski definition) is 6. The Balaban J connectivity index is 1.51. The van der Waals surface area contributed by atoms with Gasteiger partial charge in [-0.05, 0) is 51.0 Å². The molecule has 0 aliphatic carbocycles. The lowest BCUT2D eigenvalue weighted by Gasteiger charge is -2.33. The van der Waals surface area contributed by atoms with Crippen LogP contribution >= 0.6 is 11.6 Å². The summed E-state index contributed by atoms with van der Waals surface area (Å²) in [5.74, 6) is 0.946. The van der Waals surface area contributed by atoms with Crippen molar-refractivity contribution in [2.24, 2.45) is 0 Å². The number of anilines is 1. The quantitative estimate of drug-likeness (QED) is 0.710. The molecule has 0 radical (unpaired) electrons. The third-order valence-corrected chi connectivity index (χ3v) is 5.17. The lowest BCUT2D eigenvalue weighted by atomic mass is 10.1. The number of piperidine rings is 1. The minimum atomic E-state index is -0.292. The van der Waals surface area contributed by atoms with Crippen LogP contribution in [-0.2, 0) is 0 Å². The normalized spacial score (nSPS) is 16.7. The molecule has 1 amide bonds. The SMILES string of the molecule is Cc1cc(C)n(-c2ccc(Cl)c(C(=O)NC3CCCN(c4ncccn4)C3)n2)n1. The van der Waals surface area contributed by atoms with Crippen molar-refractivity contribution in [3.63, 3.8) is 0 Å². The van der Waals surface area contributed by atoms with Gasteiger partial charge in [0.25, 0.3) is 5.91 Å². The standard InChI is InChI=1S/C20H22ClN7O/c1-13-11-14(2)28(26-13)17-7-6-16(21)18(25-17)19(29)24-15-5-3-10-27(12-15)20-22-8-4-9-23-20/h4,6-9,11,15H,3,5,10,12H2,1-2H3,(H,24,29). The molecule has 1 fully saturated rings. The van der Waals surface area contributed by atoms with Gasteiger partial charge in [-0.2, -0.15) is 5.10 Å². The monoisotopic (exact) mass is 411 g/mol. The van der Waals surface area contributed by atoms with Crippen LogP contribution in [-0.4, -0.2) is 49.8 Å². The number of aryl methyl sites for hydroxylation is 2. The number of halogens is 1. The highest BCUT2D eigenvalue weighted by Gasteiger charge is 2.25. The summed E-state index contributed by atoms with van der Waals surface area (Å²) in [6.07, 6.45) is 5.26. The van der Waals surface area contributed by atoms with Crippen LogP contribution in [0.15, 0.2) is 36.7 Å². The van der Waals surface area contributed by atoms with Gasteiger partial charge < -0.3 is 10.2 Å². The van der Waals surface area contributed by atoms with Crippen LogP contribution in [0.3, 0.4) is 0 Å². The van der Waals surface area contributed by atoms with Crippen molar-refractivity contribution in [1.82, 2.24) is 30.0 Å². The summed E-state index contributed by atoms with van der Waals surface area (Å²) in [5, 5.41) is 7.80. The summed E-state index contributed by atoms with van der Waals surface area (Å²) in [7, 11) is 0. The van der Waals surface area contributed by atoms with E-state index in [9.17, 15) is 4.79 Å². The van der Waals surface area contributed by atoms with Crippen molar-refractivity contribution in [3.05, 3.63) is 58.8 Å². The Morgan fingerprint density at radius 2 is 2.03 bits per heavy atom. The smallest absolute Gasteiger partial charge is 0.271 e. The minimum Gasteiger partial charge on any atom is -0.346 e. The second-order valence-corrected chi connectivity index (χ2v) is 7.55. The van der Waals surface area contributed by atoms with E-state index in [1.807, 2.05) is 19.9 Å². The molecule has 4 rings (SSSR count). The zero-order valence-electron chi connectivity index (χ0n) is 16.3. The average molecular weight is 412 g/mol. The van der Waals surface area contributed by atoms with Crippen LogP contribution in [0, 0.1) is 13.8 Å². The number of pyridine rings is 1. The molecule has 29 heavy (non-hydrogen) atoms. The highest BCUT2D eigenvalue weighted by Crippen LogP contribution is 2.20. The first-order chi connectivity index (χ1) is 14.0. The molecular formula is C20H22ClN7O. The summed E-state index contributed by atoms with van der Waals surface area (Å²) in [6.45, 7) is 5.37. The number of carbonyl (C=O) groups is 1. The fourth-order valence-corrected chi connectivity index (χ4v) is 3.75. The molecular weight excluding hydrogens is 390 g/mol. The van der Waals surface area contributed by atoms with Crippen molar-refractivity contribution in [2.75, 3.05) is 18.0 Å². The molecule has 1 N–H and O–H groups in total. The van der Waals surface area contributed by atoms with E-state index in [4.69, 9.17) is 11.6 Å². The fourth-order valence-electron chi connectivity index (χ4n) is 3.55. The number of aromatic nitrogens is 5. The molecule has 1 atom stereocenters. The van der Waals surface area contributed by atoms with E-state index in [2.05, 4.69) is 30.3 Å². The Morgan fingerprint density at radius 3 is 2.76 bits per heavy atom. The van der Waals surface area contributed by atoms with Gasteiger partial charge in [0.15, 0.2) is 5.82 Å². The van der Waals surface area contributed by atoms with Crippen molar-refractivity contribution in [1.29, 1.82) is 0 Å². The van der Waals surface area contributed by atoms with Crippen LogP contribution in [0.2, 0.25) is 5.02 Å². The number of nitrogens with one attached hydrogen (secondary N) is 1. The van der Waals surface area contributed by atoms with E-state index in [-0.39, 0.29) is 17.6 Å². The summed E-state index contributed by atoms with van der Waals surface area (Å²) in [6, 6.07) is 7.15. The highest BCUT2D eigenvalue weighted by atomic mass is 35.5. The van der Waals surface area contributed by atoms with Crippen molar-refractivity contribution in [3.8, 4) is 5.82 Å². The van der Waals surface area contributed by atoms with E-state index in [1.165, 1.54) is 0 Å². The highest BCUT2D eigenvalue weighted by molar-refractivity contribution is 6.33. The molecule has 9 heteroatoms. The minimum absolute atomic E-state index is 0.0322. The zero-order valence-corrected chi connectivity index (χ0v) is 17.1. The molecule has 0 saturated carbocycles. The first-order valence-electron chi connectivity index (χ1n) is 9.54. The van der Waals surface area contributed by atoms with Crippen molar-refractivity contribution >= 4 is 23.5 Å². The van der Waals surface area contributed by atoms with Crippen molar-refractivity contribution < 1.29 is 4.79 Å². The molecule has 3 aromatic rings. The van der Waals surface area contributed by atoms with E-state index >= 15 is 0 Å². The molecule has 1 saturated heterocycles. The predicted octanol–water partition coefficient (Wildman–Crippen LogP) is 2.73. The largest absolute Gasteiger partial charge is 0.346 e. The molecule has 3 aromatic heterocycles. The molecule has 0 aromatic carbocycles. The molecule has 1 aliphatic rings. The Kier molecular flexibility index (Phi) is 5.44. The van der Waals surface area contributed by atoms with Gasteiger partial charge in [0.2, 0.25) is 5.95 Å². The molecule has 150 valence electrons. The van der Waals surface area contributed by atoms with Crippen molar-refractivity contribution in [2.45, 2.75) is 32.7 Å². The second kappa shape index (κ2) is 8.16. The Morgan fingerprint density at radius 1 is 1.24 bits per heavy atom. The van der Waals surface area contributed by atoms with Crippen LogP contribution in [0.1, 0.15) is 34.7 Å². The first-order valence-corrected chi connectivity index (χ1v) is 9.92. The fraction of sp³-hybridized carbons (Fsp3) is 0.350. The lowest BCUT2D eigenvalue weighted by Crippen LogP contribution is -2.48. The summed E-state index contributed by atoms with van der Waals surface area (Å²) in [4.78, 5) is 28.1. The van der Waals surface area contributed by atoms with Gasteiger partial charge >= 0.3 is 0 Å². The molecule has 4 heterocycles. The Bertz CT molecular complexity index is 1020. The maximum Gasteiger partial charge on any atom is 0.271 e. The molecule has 8 nitrogen and oxygen atoms in total. The van der Waals surface area contributed by atoms with E-state index in [0.717, 1.165) is 30.8 Å². The number of hydrogen-bond donors (Lipinski definition) is 1. The summed E-state index contributed by atoms with van der Waals surface area (Å²) in [5.41, 5.74) is 2.02. The number of nitrogens with zero attached hydrogens (tertiary/aromatic N) is 6. The predicted molar refractivity (Wildman–Crippen MR) is 111 cm³/mol. The van der Waals surface area contributed by atoms with E-state index in [1.54, 1.807) is 35.3 Å². The lowest BCUT2D eigenvalue weighted by molar-refractivity contribution is 0.0928. The van der Waals surface area contributed by atoms with Crippen LogP contribution < -0.4 is 10.2 Å². The zero-order chi connectivity index (χ0) is 20.4. The number of rotatable bonds is 4. The second-order valence-electron chi connectivity index (χ2n) is 7.15. The van der Waals surface area contributed by atoms with Gasteiger partial charge in [-0.25, -0.2) is 19.6 Å². The Hall–Kier alpha value is -3.00. The number of carbonyl (C=O) groups excluding carboxylic acids is 1. The average Bonchev–Trinajstić information content (AvgIpc) is 3.07. The first kappa shape index (κ1) is 19.3. The van der Waals surface area contributed by atoms with Gasteiger partial charge in [0.05, 0.1) is 10.7 Å². The molecule has 0 bridgehead atoms. The van der Waals surface area contributed by atoms with Gasteiger partial charge in [0.1, 0.15) is 5.69 Å².